The maximum Gasteiger partial charge on any atom is 0.297 e. The lowest BCUT2D eigenvalue weighted by Gasteiger charge is -2.41. The molecule has 178 valence electrons. The Morgan fingerprint density at radius 2 is 1.79 bits per heavy atom. The fourth-order valence-electron chi connectivity index (χ4n) is 5.19. The molecule has 0 radical (unpaired) electrons. The molecule has 0 fully saturated rings. The van der Waals surface area contributed by atoms with Crippen molar-refractivity contribution < 1.29 is 17.3 Å². The smallest absolute Gasteiger partial charge is 0.297 e. The first kappa shape index (κ1) is 23.1. The van der Waals surface area contributed by atoms with E-state index in [1.807, 2.05) is 6.92 Å². The van der Waals surface area contributed by atoms with Crippen molar-refractivity contribution in [3.05, 3.63) is 82.9 Å². The van der Waals surface area contributed by atoms with E-state index in [1.54, 1.807) is 31.2 Å². The van der Waals surface area contributed by atoms with Gasteiger partial charge < -0.3 is 4.74 Å². The van der Waals surface area contributed by atoms with E-state index in [9.17, 15) is 8.42 Å². The Bertz CT molecular complexity index is 1300. The second-order valence-electron chi connectivity index (χ2n) is 9.28. The van der Waals surface area contributed by atoms with Crippen molar-refractivity contribution >= 4 is 10.1 Å². The fourth-order valence-corrected chi connectivity index (χ4v) is 6.26. The first-order chi connectivity index (χ1) is 16.4. The van der Waals surface area contributed by atoms with Gasteiger partial charge in [0.1, 0.15) is 18.5 Å². The number of nitrogens with zero attached hydrogens (tertiary/aromatic N) is 1. The summed E-state index contributed by atoms with van der Waals surface area (Å²) in [4.78, 5) is 2.72. The van der Waals surface area contributed by atoms with Gasteiger partial charge in [0.05, 0.1) is 4.90 Å². The van der Waals surface area contributed by atoms with Gasteiger partial charge in [-0.15, -0.1) is 0 Å². The maximum absolute atomic E-state index is 12.6. The molecule has 34 heavy (non-hydrogen) atoms. The Labute approximate surface area is 202 Å². The highest BCUT2D eigenvalue weighted by Gasteiger charge is 2.34. The van der Waals surface area contributed by atoms with Gasteiger partial charge in [-0.2, -0.15) is 8.42 Å². The van der Waals surface area contributed by atoms with Crippen molar-refractivity contribution in [3.8, 4) is 16.9 Å². The van der Waals surface area contributed by atoms with Crippen LogP contribution in [0, 0.1) is 6.92 Å². The van der Waals surface area contributed by atoms with Crippen LogP contribution in [0.4, 0.5) is 0 Å². The van der Waals surface area contributed by atoms with E-state index >= 15 is 0 Å². The van der Waals surface area contributed by atoms with Crippen LogP contribution in [0.5, 0.6) is 5.75 Å². The second-order valence-corrected chi connectivity index (χ2v) is 10.9. The molecular weight excluding hydrogens is 446 g/mol. The topological polar surface area (TPSA) is 55.8 Å². The van der Waals surface area contributed by atoms with E-state index in [4.69, 9.17) is 8.92 Å². The molecule has 0 aromatic heterocycles. The van der Waals surface area contributed by atoms with Crippen molar-refractivity contribution in [3.63, 3.8) is 0 Å². The normalized spacial score (nSPS) is 18.1. The molecule has 0 N–H and O–H groups in total. The monoisotopic (exact) mass is 477 g/mol. The average molecular weight is 478 g/mol. The van der Waals surface area contributed by atoms with Crippen LogP contribution in [0.1, 0.15) is 42.1 Å². The van der Waals surface area contributed by atoms with E-state index in [0.29, 0.717) is 6.04 Å². The van der Waals surface area contributed by atoms with E-state index in [1.165, 1.54) is 27.8 Å². The number of hydrogen-bond donors (Lipinski definition) is 0. The lowest BCUT2D eigenvalue weighted by molar-refractivity contribution is 0.148. The van der Waals surface area contributed by atoms with Crippen LogP contribution >= 0.6 is 0 Å². The lowest BCUT2D eigenvalue weighted by Crippen LogP contribution is -2.38. The summed E-state index contributed by atoms with van der Waals surface area (Å²) in [5.41, 5.74) is 7.62. The molecule has 2 atom stereocenters. The van der Waals surface area contributed by atoms with Crippen LogP contribution in [0.25, 0.3) is 11.1 Å². The molecule has 6 heteroatoms. The summed E-state index contributed by atoms with van der Waals surface area (Å²) in [6.45, 7) is 8.09. The first-order valence-corrected chi connectivity index (χ1v) is 13.4. The van der Waals surface area contributed by atoms with Crippen LogP contribution in [0.15, 0.2) is 65.6 Å². The van der Waals surface area contributed by atoms with Gasteiger partial charge in [-0.3, -0.25) is 9.08 Å². The second kappa shape index (κ2) is 9.17. The van der Waals surface area contributed by atoms with Crippen molar-refractivity contribution in [2.45, 2.75) is 50.7 Å². The van der Waals surface area contributed by atoms with Crippen LogP contribution in [0.2, 0.25) is 0 Å². The molecule has 1 heterocycles. The molecule has 1 unspecified atom stereocenters. The zero-order valence-electron chi connectivity index (χ0n) is 20.0. The Kier molecular flexibility index (Phi) is 6.23. The summed E-state index contributed by atoms with van der Waals surface area (Å²) >= 11 is 0. The zero-order valence-corrected chi connectivity index (χ0v) is 20.8. The molecule has 1 aliphatic heterocycles. The minimum absolute atomic E-state index is 0.148. The van der Waals surface area contributed by atoms with Gasteiger partial charge in [-0.05, 0) is 85.3 Å². The first-order valence-electron chi connectivity index (χ1n) is 12.0. The number of rotatable bonds is 7. The van der Waals surface area contributed by atoms with E-state index in [0.717, 1.165) is 37.2 Å². The number of hydrogen-bond acceptors (Lipinski definition) is 5. The molecule has 0 saturated heterocycles. The summed E-state index contributed by atoms with van der Waals surface area (Å²) in [6.07, 6.45) is 1.40. The predicted octanol–water partition coefficient (Wildman–Crippen LogP) is 5.31. The standard InChI is InChI=1S/C28H31NO4S/c1-4-29-14-13-22-15-23(17-26-25-8-6-5-7-21(25)16-27(29)28(22)26)32-18-20(3)33-34(30,31)24-11-9-19(2)10-12-24/h5-12,15,17,20,27H,4,13-14,16,18H2,1-3H3/t20-,27?/m1/s1. The molecule has 0 bridgehead atoms. The average Bonchev–Trinajstić information content (AvgIpc) is 2.83. The Balaban J connectivity index is 1.37. The Morgan fingerprint density at radius 1 is 1.03 bits per heavy atom. The van der Waals surface area contributed by atoms with E-state index < -0.39 is 16.2 Å². The molecule has 5 rings (SSSR count). The predicted molar refractivity (Wildman–Crippen MR) is 134 cm³/mol. The molecule has 3 aromatic carbocycles. The summed E-state index contributed by atoms with van der Waals surface area (Å²) in [5.74, 6) is 0.761. The Hall–Kier alpha value is -2.67. The van der Waals surface area contributed by atoms with Crippen molar-refractivity contribution in [2.24, 2.45) is 0 Å². The van der Waals surface area contributed by atoms with Crippen LogP contribution in [-0.4, -0.2) is 39.1 Å². The number of ether oxygens (including phenoxy) is 1. The van der Waals surface area contributed by atoms with Gasteiger partial charge in [-0.25, -0.2) is 0 Å². The lowest BCUT2D eigenvalue weighted by atomic mass is 9.77. The number of aryl methyl sites for hydroxylation is 1. The highest BCUT2D eigenvalue weighted by Crippen LogP contribution is 2.46. The van der Waals surface area contributed by atoms with Crippen LogP contribution in [0.3, 0.4) is 0 Å². The largest absolute Gasteiger partial charge is 0.491 e. The number of fused-ring (bicyclic) bond motifs is 2. The van der Waals surface area contributed by atoms with Gasteiger partial charge >= 0.3 is 0 Å². The SMILES string of the molecule is CCN1CCc2cc(OC[C@@H](C)OS(=O)(=O)c3ccc(C)cc3)cc3c2C1Cc1ccccc1-3. The molecular formula is C28H31NO4S. The summed E-state index contributed by atoms with van der Waals surface area (Å²) in [5, 5.41) is 0. The van der Waals surface area contributed by atoms with Gasteiger partial charge in [0, 0.05) is 12.6 Å². The van der Waals surface area contributed by atoms with Gasteiger partial charge in [-0.1, -0.05) is 48.9 Å². The molecule has 5 nitrogen and oxygen atoms in total. The third kappa shape index (κ3) is 4.38. The molecule has 0 amide bonds. The van der Waals surface area contributed by atoms with Gasteiger partial charge in [0.2, 0.25) is 0 Å². The molecule has 3 aromatic rings. The highest BCUT2D eigenvalue weighted by molar-refractivity contribution is 7.86. The zero-order chi connectivity index (χ0) is 23.9. The molecule has 0 saturated carbocycles. The summed E-state index contributed by atoms with van der Waals surface area (Å²) < 4.78 is 36.7. The highest BCUT2D eigenvalue weighted by atomic mass is 32.2. The van der Waals surface area contributed by atoms with E-state index in [2.05, 4.69) is 48.2 Å². The number of benzene rings is 3. The summed E-state index contributed by atoms with van der Waals surface area (Å²) in [6, 6.07) is 19.9. The summed E-state index contributed by atoms with van der Waals surface area (Å²) in [7, 11) is -3.84. The third-order valence-corrected chi connectivity index (χ3v) is 8.33. The minimum Gasteiger partial charge on any atom is -0.491 e. The van der Waals surface area contributed by atoms with Gasteiger partial charge in [0.15, 0.2) is 0 Å². The van der Waals surface area contributed by atoms with Gasteiger partial charge in [0.25, 0.3) is 10.1 Å². The van der Waals surface area contributed by atoms with Crippen molar-refractivity contribution in [2.75, 3.05) is 19.7 Å². The Morgan fingerprint density at radius 3 is 2.56 bits per heavy atom. The van der Waals surface area contributed by atoms with Crippen LogP contribution in [-0.2, 0) is 27.1 Å². The van der Waals surface area contributed by atoms with E-state index in [-0.39, 0.29) is 11.5 Å². The van der Waals surface area contributed by atoms with Crippen molar-refractivity contribution in [1.82, 2.24) is 4.90 Å². The fraction of sp³-hybridized carbons (Fsp3) is 0.357. The minimum atomic E-state index is -3.84. The van der Waals surface area contributed by atoms with Crippen LogP contribution < -0.4 is 4.74 Å². The quantitative estimate of drug-likeness (QED) is 0.432. The maximum atomic E-state index is 12.6. The third-order valence-electron chi connectivity index (χ3n) is 6.89. The van der Waals surface area contributed by atoms with Crippen molar-refractivity contribution in [1.29, 1.82) is 0 Å². The molecule has 1 aliphatic carbocycles. The number of likely N-dealkylation sites (N-methyl/N-ethyl adjacent to an activating group) is 1. The molecule has 0 spiro atoms. The molecule has 2 aliphatic rings.